The molecule has 0 radical (unpaired) electrons. The lowest BCUT2D eigenvalue weighted by molar-refractivity contribution is 0.0944. The molecule has 1 rings (SSSR count). The summed E-state index contributed by atoms with van der Waals surface area (Å²) in [5, 5.41) is 3.45. The largest absolute Gasteiger partial charge is 0.349 e. The maximum atomic E-state index is 12.9. The molecule has 0 aliphatic rings. The second-order valence-electron chi connectivity index (χ2n) is 3.16. The molecule has 0 heterocycles. The molecule has 0 bridgehead atoms. The van der Waals surface area contributed by atoms with Gasteiger partial charge in [-0.15, -0.1) is 0 Å². The van der Waals surface area contributed by atoms with E-state index in [1.54, 1.807) is 0 Å². The van der Waals surface area contributed by atoms with Gasteiger partial charge in [0, 0.05) is 16.9 Å². The third-order valence-corrected chi connectivity index (χ3v) is 3.37. The van der Waals surface area contributed by atoms with Gasteiger partial charge in [-0.2, -0.15) is 0 Å². The van der Waals surface area contributed by atoms with E-state index >= 15 is 0 Å². The van der Waals surface area contributed by atoms with Crippen molar-refractivity contribution < 1.29 is 9.18 Å². The minimum atomic E-state index is -0.375. The van der Waals surface area contributed by atoms with E-state index < -0.39 is 0 Å². The van der Waals surface area contributed by atoms with Crippen LogP contribution in [0, 0.1) is 5.82 Å². The molecule has 5 heteroatoms. The molecule has 1 amide bonds. The van der Waals surface area contributed by atoms with Gasteiger partial charge in [-0.05, 0) is 41.1 Å². The van der Waals surface area contributed by atoms with E-state index in [0.29, 0.717) is 15.4 Å². The zero-order chi connectivity index (χ0) is 11.4. The fourth-order valence-corrected chi connectivity index (χ4v) is 1.52. The van der Waals surface area contributed by atoms with E-state index in [9.17, 15) is 9.18 Å². The van der Waals surface area contributed by atoms with Gasteiger partial charge in [0.2, 0.25) is 0 Å². The molecule has 1 atom stereocenters. The molecule has 0 saturated carbocycles. The van der Waals surface area contributed by atoms with Gasteiger partial charge in [0.25, 0.3) is 5.91 Å². The number of benzene rings is 1. The third kappa shape index (κ3) is 3.57. The Morgan fingerprint density at radius 1 is 1.60 bits per heavy atom. The fourth-order valence-electron chi connectivity index (χ4n) is 0.983. The van der Waals surface area contributed by atoms with Crippen molar-refractivity contribution in [3.63, 3.8) is 0 Å². The first-order chi connectivity index (χ1) is 7.04. The Bertz CT molecular complexity index is 370. The molecule has 0 saturated heterocycles. The second-order valence-corrected chi connectivity index (χ2v) is 4.66. The van der Waals surface area contributed by atoms with Crippen molar-refractivity contribution in [1.29, 1.82) is 0 Å². The monoisotopic (exact) mass is 337 g/mol. The van der Waals surface area contributed by atoms with Crippen LogP contribution in [0.5, 0.6) is 0 Å². The highest BCUT2D eigenvalue weighted by Gasteiger charge is 2.10. The number of carbonyl (C=O) groups excluding carboxylic acids is 1. The van der Waals surface area contributed by atoms with Crippen LogP contribution in [0.15, 0.2) is 22.7 Å². The molecule has 0 aliphatic carbocycles. The summed E-state index contributed by atoms with van der Waals surface area (Å²) in [7, 11) is 0. The Kier molecular flexibility index (Phi) is 4.73. The average molecular weight is 339 g/mol. The van der Waals surface area contributed by atoms with Gasteiger partial charge >= 0.3 is 0 Å². The van der Waals surface area contributed by atoms with Crippen LogP contribution in [0.2, 0.25) is 0 Å². The molecule has 0 spiro atoms. The maximum absolute atomic E-state index is 12.9. The van der Waals surface area contributed by atoms with Crippen LogP contribution >= 0.6 is 31.9 Å². The first kappa shape index (κ1) is 12.6. The molecule has 1 aromatic carbocycles. The smallest absolute Gasteiger partial charge is 0.251 e. The van der Waals surface area contributed by atoms with Crippen molar-refractivity contribution in [2.45, 2.75) is 13.0 Å². The summed E-state index contributed by atoms with van der Waals surface area (Å²) in [5.41, 5.74) is 0.441. The number of nitrogens with one attached hydrogen (secondary N) is 1. The Morgan fingerprint density at radius 3 is 2.80 bits per heavy atom. The molecule has 82 valence electrons. The summed E-state index contributed by atoms with van der Waals surface area (Å²) in [5.74, 6) is -0.581. The van der Waals surface area contributed by atoms with Crippen LogP contribution in [0.25, 0.3) is 0 Å². The van der Waals surface area contributed by atoms with Gasteiger partial charge in [-0.25, -0.2) is 4.39 Å². The minimum Gasteiger partial charge on any atom is -0.349 e. The quantitative estimate of drug-likeness (QED) is 0.843. The number of halogens is 3. The molecular weight excluding hydrogens is 329 g/mol. The predicted molar refractivity (Wildman–Crippen MR) is 64.8 cm³/mol. The van der Waals surface area contributed by atoms with E-state index in [2.05, 4.69) is 37.2 Å². The van der Waals surface area contributed by atoms with E-state index in [0.717, 1.165) is 0 Å². The van der Waals surface area contributed by atoms with E-state index in [-0.39, 0.29) is 17.8 Å². The highest BCUT2D eigenvalue weighted by atomic mass is 79.9. The lowest BCUT2D eigenvalue weighted by Gasteiger charge is -2.10. The van der Waals surface area contributed by atoms with Crippen molar-refractivity contribution in [2.24, 2.45) is 0 Å². The SMILES string of the molecule is CC(CBr)NC(=O)c1ccc(F)c(Br)c1. The highest BCUT2D eigenvalue weighted by molar-refractivity contribution is 9.10. The minimum absolute atomic E-state index is 0.0429. The van der Waals surface area contributed by atoms with Crippen molar-refractivity contribution in [2.75, 3.05) is 5.33 Å². The maximum Gasteiger partial charge on any atom is 0.251 e. The van der Waals surface area contributed by atoms with Crippen molar-refractivity contribution in [3.8, 4) is 0 Å². The number of hydrogen-bond acceptors (Lipinski definition) is 1. The number of rotatable bonds is 3. The van der Waals surface area contributed by atoms with Crippen molar-refractivity contribution >= 4 is 37.8 Å². The van der Waals surface area contributed by atoms with Crippen LogP contribution < -0.4 is 5.32 Å². The van der Waals surface area contributed by atoms with Gasteiger partial charge in [0.05, 0.1) is 4.47 Å². The molecule has 15 heavy (non-hydrogen) atoms. The number of hydrogen-bond donors (Lipinski definition) is 1. The summed E-state index contributed by atoms with van der Waals surface area (Å²) in [4.78, 5) is 11.6. The number of carbonyl (C=O) groups is 1. The van der Waals surface area contributed by atoms with Crippen LogP contribution in [0.4, 0.5) is 4.39 Å². The Hall–Kier alpha value is -0.420. The fraction of sp³-hybridized carbons (Fsp3) is 0.300. The predicted octanol–water partition coefficient (Wildman–Crippen LogP) is 3.10. The molecule has 0 fully saturated rings. The van der Waals surface area contributed by atoms with Crippen LogP contribution in [0.3, 0.4) is 0 Å². The molecule has 1 aromatic rings. The topological polar surface area (TPSA) is 29.1 Å². The zero-order valence-electron chi connectivity index (χ0n) is 8.06. The first-order valence-electron chi connectivity index (χ1n) is 4.36. The van der Waals surface area contributed by atoms with Gasteiger partial charge in [0.1, 0.15) is 5.82 Å². The van der Waals surface area contributed by atoms with Crippen LogP contribution in [0.1, 0.15) is 17.3 Å². The third-order valence-electron chi connectivity index (χ3n) is 1.79. The molecular formula is C10H10Br2FNO. The molecule has 1 unspecified atom stereocenters. The summed E-state index contributed by atoms with van der Waals surface area (Å²) in [6.45, 7) is 1.88. The first-order valence-corrected chi connectivity index (χ1v) is 6.28. The molecule has 1 N–H and O–H groups in total. The summed E-state index contributed by atoms with van der Waals surface area (Å²) >= 11 is 6.29. The Labute approximate surface area is 105 Å². The summed E-state index contributed by atoms with van der Waals surface area (Å²) < 4.78 is 13.2. The van der Waals surface area contributed by atoms with E-state index in [4.69, 9.17) is 0 Å². The Balaban J connectivity index is 2.78. The van der Waals surface area contributed by atoms with Gasteiger partial charge in [-0.3, -0.25) is 4.79 Å². The Morgan fingerprint density at radius 2 is 2.27 bits per heavy atom. The highest BCUT2D eigenvalue weighted by Crippen LogP contribution is 2.16. The normalized spacial score (nSPS) is 12.3. The van der Waals surface area contributed by atoms with E-state index in [1.807, 2.05) is 6.92 Å². The molecule has 0 aromatic heterocycles. The molecule has 0 aliphatic heterocycles. The van der Waals surface area contributed by atoms with Crippen LogP contribution in [-0.4, -0.2) is 17.3 Å². The van der Waals surface area contributed by atoms with Gasteiger partial charge < -0.3 is 5.32 Å². The average Bonchev–Trinajstić information content (AvgIpc) is 2.21. The van der Waals surface area contributed by atoms with Crippen molar-refractivity contribution in [3.05, 3.63) is 34.1 Å². The van der Waals surface area contributed by atoms with Crippen molar-refractivity contribution in [1.82, 2.24) is 5.32 Å². The van der Waals surface area contributed by atoms with E-state index in [1.165, 1.54) is 18.2 Å². The summed E-state index contributed by atoms with van der Waals surface area (Å²) in [6, 6.07) is 4.22. The lowest BCUT2D eigenvalue weighted by Crippen LogP contribution is -2.33. The number of amides is 1. The standard InChI is InChI=1S/C10H10Br2FNO/c1-6(5-11)14-10(15)7-2-3-9(13)8(12)4-7/h2-4,6H,5H2,1H3,(H,14,15). The second kappa shape index (κ2) is 5.61. The van der Waals surface area contributed by atoms with Crippen LogP contribution in [-0.2, 0) is 0 Å². The summed E-state index contributed by atoms with van der Waals surface area (Å²) in [6.07, 6.45) is 0. The molecule has 2 nitrogen and oxygen atoms in total. The number of alkyl halides is 1. The zero-order valence-corrected chi connectivity index (χ0v) is 11.2. The van der Waals surface area contributed by atoms with Gasteiger partial charge in [0.15, 0.2) is 0 Å². The lowest BCUT2D eigenvalue weighted by atomic mass is 10.2. The van der Waals surface area contributed by atoms with Gasteiger partial charge in [-0.1, -0.05) is 15.9 Å².